The molecule has 2 aliphatic heterocycles. The molecule has 0 saturated carbocycles. The standard InChI is InChI=1S/C44H78N2O14.C2H2S6.H2/c1-36(43(53)54)19-16-17-25-45-41(50)35-60-32-29-57-27-18-21-39(48)34-59-31-30-58-28-26-46-40(49)24-23-37(44(55)56)33-38(47)20-14-12-10-8-6-4-2-3-5-7-9-11-13-15-22-42(51)52;1-3-5-2(6-4-1)7-8-2;/h36-37H,2-35H2,1H3,(H,45,50)(H,46,49)(H,51,52)(H,53,54)(H,55,56);1H2;1H/t36-,37+;;/m0../s1. The summed E-state index contributed by atoms with van der Waals surface area (Å²) in [6.45, 7) is 3.81. The summed E-state index contributed by atoms with van der Waals surface area (Å²) in [4.78, 5) is 81.4. The van der Waals surface area contributed by atoms with Crippen LogP contribution < -0.4 is 10.6 Å². The van der Waals surface area contributed by atoms with Crippen molar-refractivity contribution < 1.29 is 69.3 Å². The lowest BCUT2D eigenvalue weighted by molar-refractivity contribution is -0.144. The molecule has 0 aromatic heterocycles. The molecule has 16 nitrogen and oxygen atoms in total. The first-order chi connectivity index (χ1) is 32.8. The quantitative estimate of drug-likeness (QED) is 0.0216. The van der Waals surface area contributed by atoms with Gasteiger partial charge >= 0.3 is 17.9 Å². The third-order valence-electron chi connectivity index (χ3n) is 10.6. The molecule has 0 aliphatic carbocycles. The first-order valence-corrected chi connectivity index (χ1v) is 31.2. The molecule has 0 aromatic carbocycles. The van der Waals surface area contributed by atoms with Crippen molar-refractivity contribution in [3.8, 4) is 0 Å². The highest BCUT2D eigenvalue weighted by Gasteiger charge is 2.50. The molecular weight excluding hydrogens is 997 g/mol. The number of carbonyl (C=O) groups excluding carboxylic acids is 4. The molecule has 2 atom stereocenters. The molecule has 0 unspecified atom stereocenters. The molecule has 2 fully saturated rings. The van der Waals surface area contributed by atoms with E-state index in [9.17, 15) is 38.7 Å². The number of nitrogens with one attached hydrogen (secondary N) is 2. The summed E-state index contributed by atoms with van der Waals surface area (Å²) >= 11 is 0. The number of carbonyl (C=O) groups is 7. The minimum atomic E-state index is -1.07. The lowest BCUT2D eigenvalue weighted by Gasteiger charge is -2.13. The van der Waals surface area contributed by atoms with E-state index in [2.05, 4.69) is 10.6 Å². The Labute approximate surface area is 430 Å². The molecule has 2 heterocycles. The number of Topliss-reactive ketones (excluding diaryl/α,β-unsaturated/α-hetero) is 2. The van der Waals surface area contributed by atoms with Crippen LogP contribution in [0, 0.1) is 11.8 Å². The Morgan fingerprint density at radius 3 is 1.56 bits per heavy atom. The average molecular weight is 1080 g/mol. The van der Waals surface area contributed by atoms with E-state index < -0.39 is 29.7 Å². The summed E-state index contributed by atoms with van der Waals surface area (Å²) in [6.07, 6.45) is 18.8. The summed E-state index contributed by atoms with van der Waals surface area (Å²) in [5, 5.41) is 33.7. The van der Waals surface area contributed by atoms with Crippen LogP contribution >= 0.6 is 64.8 Å². The first-order valence-electron chi connectivity index (χ1n) is 24.4. The van der Waals surface area contributed by atoms with Gasteiger partial charge in [0.15, 0.2) is 8.53 Å². The number of ether oxygens (including phenoxy) is 4. The Morgan fingerprint density at radius 2 is 1.01 bits per heavy atom. The first kappa shape index (κ1) is 64.6. The van der Waals surface area contributed by atoms with Crippen LogP contribution in [0.5, 0.6) is 0 Å². The molecule has 0 bridgehead atoms. The van der Waals surface area contributed by atoms with E-state index in [1.807, 2.05) is 64.8 Å². The van der Waals surface area contributed by atoms with Crippen molar-refractivity contribution in [1.82, 2.24) is 10.6 Å². The van der Waals surface area contributed by atoms with E-state index in [1.54, 1.807) is 6.92 Å². The maximum atomic E-state index is 12.4. The largest absolute Gasteiger partial charge is 0.481 e. The Balaban J connectivity index is 0.00000456. The summed E-state index contributed by atoms with van der Waals surface area (Å²) in [5.74, 6) is -4.58. The summed E-state index contributed by atoms with van der Waals surface area (Å²) in [6, 6.07) is 0. The molecular formula is C46H82N2O14S6. The molecule has 396 valence electrons. The van der Waals surface area contributed by atoms with Gasteiger partial charge in [0.2, 0.25) is 11.8 Å². The highest BCUT2D eigenvalue weighted by Crippen LogP contribution is 2.83. The lowest BCUT2D eigenvalue weighted by atomic mass is 9.94. The van der Waals surface area contributed by atoms with E-state index in [0.717, 1.165) is 51.4 Å². The van der Waals surface area contributed by atoms with Gasteiger partial charge in [-0.05, 0) is 60.1 Å². The summed E-state index contributed by atoms with van der Waals surface area (Å²) < 4.78 is 22.0. The van der Waals surface area contributed by atoms with Gasteiger partial charge in [0.25, 0.3) is 0 Å². The number of carboxylic acids is 3. The van der Waals surface area contributed by atoms with E-state index in [1.165, 1.54) is 50.0 Å². The van der Waals surface area contributed by atoms with Gasteiger partial charge in [-0.3, -0.25) is 33.6 Å². The fourth-order valence-electron chi connectivity index (χ4n) is 6.59. The zero-order valence-electron chi connectivity index (χ0n) is 40.2. The normalized spacial score (nSPS) is 14.6. The van der Waals surface area contributed by atoms with Gasteiger partial charge in [0.1, 0.15) is 19.0 Å². The fourth-order valence-corrected chi connectivity index (χ4v) is 19.6. The zero-order valence-corrected chi connectivity index (χ0v) is 45.1. The van der Waals surface area contributed by atoms with Crippen LogP contribution in [0.25, 0.3) is 0 Å². The minimum absolute atomic E-state index is 0. The minimum Gasteiger partial charge on any atom is -0.481 e. The number of unbranched alkanes of at least 4 members (excludes halogenated alkanes) is 14. The van der Waals surface area contributed by atoms with Crippen molar-refractivity contribution in [3.05, 3.63) is 0 Å². The van der Waals surface area contributed by atoms with Crippen LogP contribution in [0.1, 0.15) is 162 Å². The SMILES string of the molecule is C1SSC2(SS1)SS2.C[C@@H](CCCCNC(=O)COCCOCCCC(=O)COCCOCCNC(=O)CC[C@H](CC(=O)CCCCCCCCCCCCCCCCC(=O)O)C(=O)O)C(=O)O.[HH]. The molecule has 1 spiro atoms. The van der Waals surface area contributed by atoms with Gasteiger partial charge in [-0.15, -0.1) is 0 Å². The van der Waals surface area contributed by atoms with Gasteiger partial charge in [0.05, 0.1) is 50.0 Å². The van der Waals surface area contributed by atoms with Gasteiger partial charge < -0.3 is 44.9 Å². The second-order valence-electron chi connectivity index (χ2n) is 16.8. The van der Waals surface area contributed by atoms with Gasteiger partial charge in [0, 0.05) is 53.2 Å². The predicted molar refractivity (Wildman–Crippen MR) is 281 cm³/mol. The number of carboxylic acid groups (broad SMARTS) is 3. The summed E-state index contributed by atoms with van der Waals surface area (Å²) in [7, 11) is 12.0. The van der Waals surface area contributed by atoms with Crippen LogP contribution in [0.2, 0.25) is 0 Å². The highest BCUT2D eigenvalue weighted by atomic mass is 33.2. The second kappa shape index (κ2) is 44.3. The Hall–Kier alpha value is -1.37. The van der Waals surface area contributed by atoms with Gasteiger partial charge in [-0.25, -0.2) is 0 Å². The van der Waals surface area contributed by atoms with Gasteiger partial charge in [-0.1, -0.05) is 134 Å². The van der Waals surface area contributed by atoms with E-state index in [0.29, 0.717) is 54.6 Å². The molecule has 2 saturated heterocycles. The van der Waals surface area contributed by atoms with Crippen molar-refractivity contribution in [1.29, 1.82) is 0 Å². The number of aliphatic carboxylic acids is 3. The molecule has 0 aromatic rings. The van der Waals surface area contributed by atoms with Crippen molar-refractivity contribution in [3.63, 3.8) is 0 Å². The molecule has 5 N–H and O–H groups in total. The van der Waals surface area contributed by atoms with Crippen molar-refractivity contribution in [2.24, 2.45) is 11.8 Å². The van der Waals surface area contributed by atoms with E-state index in [-0.39, 0.29) is 96.7 Å². The molecule has 2 amide bonds. The number of ketones is 2. The molecule has 22 heteroatoms. The number of rotatable bonds is 46. The third-order valence-corrected chi connectivity index (χ3v) is 23.6. The Kier molecular flexibility index (Phi) is 42.2. The van der Waals surface area contributed by atoms with Crippen molar-refractivity contribution in [2.75, 3.05) is 71.0 Å². The van der Waals surface area contributed by atoms with Crippen LogP contribution in [0.4, 0.5) is 0 Å². The number of hydrogen-bond acceptors (Lipinski definition) is 17. The smallest absolute Gasteiger partial charge is 0.306 e. The number of hydrogen-bond donors (Lipinski definition) is 5. The molecule has 2 rings (SSSR count). The van der Waals surface area contributed by atoms with Gasteiger partial charge in [-0.2, -0.15) is 0 Å². The monoisotopic (exact) mass is 1080 g/mol. The van der Waals surface area contributed by atoms with Crippen LogP contribution in [-0.4, -0.2) is 130 Å². The fraction of sp³-hybridized carbons (Fsp3) is 0.848. The molecule has 68 heavy (non-hydrogen) atoms. The van der Waals surface area contributed by atoms with Crippen molar-refractivity contribution in [2.45, 2.75) is 164 Å². The predicted octanol–water partition coefficient (Wildman–Crippen LogP) is 10.3. The maximum Gasteiger partial charge on any atom is 0.306 e. The topological polar surface area (TPSA) is 241 Å². The van der Waals surface area contributed by atoms with Crippen molar-refractivity contribution >= 4 is 106 Å². The van der Waals surface area contributed by atoms with Crippen LogP contribution in [0.3, 0.4) is 0 Å². The number of amides is 2. The maximum absolute atomic E-state index is 12.4. The lowest BCUT2D eigenvalue weighted by Crippen LogP contribution is -2.29. The zero-order chi connectivity index (χ0) is 49.9. The van der Waals surface area contributed by atoms with E-state index >= 15 is 0 Å². The van der Waals surface area contributed by atoms with Crippen LogP contribution in [0.15, 0.2) is 0 Å². The third kappa shape index (κ3) is 41.3. The average Bonchev–Trinajstić information content (AvgIpc) is 4.06. The Bertz CT molecular complexity index is 1400. The molecule has 2 aliphatic rings. The van der Waals surface area contributed by atoms with E-state index in [4.69, 9.17) is 29.2 Å². The second-order valence-corrected chi connectivity index (χ2v) is 26.2. The molecule has 0 radical (unpaired) electrons. The summed E-state index contributed by atoms with van der Waals surface area (Å²) in [5.41, 5.74) is 0. The van der Waals surface area contributed by atoms with Crippen LogP contribution in [-0.2, 0) is 52.5 Å². The highest BCUT2D eigenvalue weighted by molar-refractivity contribution is 9.14. The Morgan fingerprint density at radius 1 is 0.500 bits per heavy atom.